The van der Waals surface area contributed by atoms with Gasteiger partial charge in [0.05, 0.1) is 18.5 Å². The van der Waals surface area contributed by atoms with E-state index in [1.165, 1.54) is 11.3 Å². The van der Waals surface area contributed by atoms with Crippen molar-refractivity contribution >= 4 is 34.8 Å². The summed E-state index contributed by atoms with van der Waals surface area (Å²) in [5.74, 6) is -0.393. The molecule has 24 heavy (non-hydrogen) atoms. The van der Waals surface area contributed by atoms with E-state index in [1.54, 1.807) is 11.1 Å². The predicted octanol–water partition coefficient (Wildman–Crippen LogP) is 3.02. The summed E-state index contributed by atoms with van der Waals surface area (Å²) < 4.78 is 0.457. The van der Waals surface area contributed by atoms with Crippen LogP contribution in [0.5, 0.6) is 0 Å². The molecule has 0 spiro atoms. The molecule has 1 aromatic heterocycles. The van der Waals surface area contributed by atoms with Crippen molar-refractivity contribution in [1.29, 1.82) is 0 Å². The van der Waals surface area contributed by atoms with Crippen LogP contribution in [0.15, 0.2) is 36.5 Å². The molecule has 2 heterocycles. The van der Waals surface area contributed by atoms with Crippen molar-refractivity contribution < 1.29 is 9.59 Å². The highest BCUT2D eigenvalue weighted by atomic mass is 35.5. The molecule has 0 aliphatic carbocycles. The van der Waals surface area contributed by atoms with Crippen LogP contribution < -0.4 is 5.32 Å². The quantitative estimate of drug-likeness (QED) is 0.888. The van der Waals surface area contributed by atoms with Gasteiger partial charge in [-0.2, -0.15) is 0 Å². The summed E-state index contributed by atoms with van der Waals surface area (Å²) in [6.45, 7) is 2.83. The topological polar surface area (TPSA) is 62.3 Å². The second kappa shape index (κ2) is 7.32. The Morgan fingerprint density at radius 3 is 2.88 bits per heavy atom. The van der Waals surface area contributed by atoms with Crippen molar-refractivity contribution in [3.63, 3.8) is 0 Å². The maximum absolute atomic E-state index is 12.3. The summed E-state index contributed by atoms with van der Waals surface area (Å²) in [5.41, 5.74) is 1.08. The van der Waals surface area contributed by atoms with Gasteiger partial charge in [0.15, 0.2) is 4.47 Å². The second-order valence-corrected chi connectivity index (χ2v) is 7.53. The molecule has 7 heteroatoms. The molecule has 2 amide bonds. The van der Waals surface area contributed by atoms with Crippen LogP contribution in [0.25, 0.3) is 0 Å². The van der Waals surface area contributed by atoms with E-state index in [0.29, 0.717) is 17.6 Å². The third-order valence-electron chi connectivity index (χ3n) is 4.24. The first-order valence-electron chi connectivity index (χ1n) is 7.77. The molecule has 2 unspecified atom stereocenters. The number of nitrogens with zero attached hydrogens (tertiary/aromatic N) is 2. The van der Waals surface area contributed by atoms with Crippen LogP contribution >= 0.6 is 22.9 Å². The lowest BCUT2D eigenvalue weighted by molar-refractivity contribution is -0.130. The largest absolute Gasteiger partial charge is 0.351 e. The highest BCUT2D eigenvalue weighted by molar-refractivity contribution is 7.15. The highest BCUT2D eigenvalue weighted by Crippen LogP contribution is 2.28. The van der Waals surface area contributed by atoms with Gasteiger partial charge in [-0.25, -0.2) is 4.98 Å². The van der Waals surface area contributed by atoms with E-state index in [9.17, 15) is 9.59 Å². The smallest absolute Gasteiger partial charge is 0.225 e. The van der Waals surface area contributed by atoms with Crippen LogP contribution in [0.1, 0.15) is 29.8 Å². The summed E-state index contributed by atoms with van der Waals surface area (Å²) in [7, 11) is 0. The van der Waals surface area contributed by atoms with Gasteiger partial charge in [-0.05, 0) is 12.5 Å². The second-order valence-electron chi connectivity index (χ2n) is 5.83. The van der Waals surface area contributed by atoms with Crippen LogP contribution in [0, 0.1) is 5.92 Å². The molecule has 1 saturated heterocycles. The Morgan fingerprint density at radius 1 is 1.46 bits per heavy atom. The lowest BCUT2D eigenvalue weighted by Crippen LogP contribution is -2.33. The number of rotatable bonds is 5. The first-order valence-corrected chi connectivity index (χ1v) is 8.96. The van der Waals surface area contributed by atoms with Crippen molar-refractivity contribution in [2.45, 2.75) is 25.9 Å². The van der Waals surface area contributed by atoms with E-state index in [0.717, 1.165) is 10.4 Å². The number of hydrogen-bond acceptors (Lipinski definition) is 4. The van der Waals surface area contributed by atoms with E-state index < -0.39 is 0 Å². The van der Waals surface area contributed by atoms with Crippen LogP contribution in [-0.4, -0.2) is 28.2 Å². The molecule has 1 aromatic carbocycles. The van der Waals surface area contributed by atoms with Gasteiger partial charge in [0, 0.05) is 24.0 Å². The number of carbonyl (C=O) groups excluding carboxylic acids is 2. The SMILES string of the molecule is CC(c1ccccc1)N1CC(C(=O)NCc2cnc(Cl)s2)CC1=O. The number of hydrogen-bond donors (Lipinski definition) is 1. The van der Waals surface area contributed by atoms with Gasteiger partial charge in [-0.1, -0.05) is 41.9 Å². The van der Waals surface area contributed by atoms with E-state index in [2.05, 4.69) is 10.3 Å². The molecular formula is C17H18ClN3O2S. The third-order valence-corrected chi connectivity index (χ3v) is 5.36. The molecule has 0 bridgehead atoms. The van der Waals surface area contributed by atoms with E-state index in [1.807, 2.05) is 37.3 Å². The Kier molecular flexibility index (Phi) is 5.16. The van der Waals surface area contributed by atoms with Gasteiger partial charge < -0.3 is 10.2 Å². The van der Waals surface area contributed by atoms with Crippen molar-refractivity contribution in [2.24, 2.45) is 5.92 Å². The fraction of sp³-hybridized carbons (Fsp3) is 0.353. The van der Waals surface area contributed by atoms with Crippen molar-refractivity contribution in [3.05, 3.63) is 51.4 Å². The van der Waals surface area contributed by atoms with Gasteiger partial charge in [0.2, 0.25) is 11.8 Å². The van der Waals surface area contributed by atoms with Crippen LogP contribution in [0.2, 0.25) is 4.47 Å². The number of amides is 2. The highest BCUT2D eigenvalue weighted by Gasteiger charge is 2.36. The predicted molar refractivity (Wildman–Crippen MR) is 93.6 cm³/mol. The van der Waals surface area contributed by atoms with Crippen LogP contribution in [0.4, 0.5) is 0 Å². The Labute approximate surface area is 149 Å². The zero-order valence-corrected chi connectivity index (χ0v) is 14.8. The summed E-state index contributed by atoms with van der Waals surface area (Å²) in [6, 6.07) is 9.83. The number of benzene rings is 1. The van der Waals surface area contributed by atoms with Gasteiger partial charge in [0.25, 0.3) is 0 Å². The molecule has 1 fully saturated rings. The van der Waals surface area contributed by atoms with E-state index in [-0.39, 0.29) is 30.2 Å². The lowest BCUT2D eigenvalue weighted by Gasteiger charge is -2.25. The van der Waals surface area contributed by atoms with Crippen LogP contribution in [0.3, 0.4) is 0 Å². The molecule has 2 atom stereocenters. The van der Waals surface area contributed by atoms with E-state index in [4.69, 9.17) is 11.6 Å². The third kappa shape index (κ3) is 3.76. The van der Waals surface area contributed by atoms with Gasteiger partial charge in [-0.3, -0.25) is 9.59 Å². The average Bonchev–Trinajstić information content (AvgIpc) is 3.18. The average molecular weight is 364 g/mol. The standard InChI is InChI=1S/C17H18ClN3O2S/c1-11(12-5-3-2-4-6-12)21-10-13(7-15(21)22)16(23)19-8-14-9-20-17(18)24-14/h2-6,9,11,13H,7-8,10H2,1H3,(H,19,23). The molecule has 2 aromatic rings. The molecule has 1 N–H and O–H groups in total. The summed E-state index contributed by atoms with van der Waals surface area (Å²) in [5, 5.41) is 2.87. The molecule has 3 rings (SSSR count). The lowest BCUT2D eigenvalue weighted by atomic mass is 10.1. The number of thiazole rings is 1. The molecule has 5 nitrogen and oxygen atoms in total. The summed E-state index contributed by atoms with van der Waals surface area (Å²) in [6.07, 6.45) is 1.91. The Bertz CT molecular complexity index is 734. The first-order chi connectivity index (χ1) is 11.5. The molecule has 0 saturated carbocycles. The Hall–Kier alpha value is -1.92. The minimum atomic E-state index is -0.313. The Morgan fingerprint density at radius 2 is 2.21 bits per heavy atom. The number of likely N-dealkylation sites (tertiary alicyclic amines) is 1. The fourth-order valence-electron chi connectivity index (χ4n) is 2.88. The maximum Gasteiger partial charge on any atom is 0.225 e. The number of carbonyl (C=O) groups is 2. The summed E-state index contributed by atoms with van der Waals surface area (Å²) >= 11 is 7.12. The Balaban J connectivity index is 1.58. The van der Waals surface area contributed by atoms with Gasteiger partial charge >= 0.3 is 0 Å². The van der Waals surface area contributed by atoms with Crippen LogP contribution in [-0.2, 0) is 16.1 Å². The molecule has 0 radical (unpaired) electrons. The minimum absolute atomic E-state index is 0.0207. The number of nitrogens with one attached hydrogen (secondary N) is 1. The van der Waals surface area contributed by atoms with Crippen molar-refractivity contribution in [3.8, 4) is 0 Å². The molecule has 126 valence electrons. The monoisotopic (exact) mass is 363 g/mol. The maximum atomic E-state index is 12.3. The fourth-order valence-corrected chi connectivity index (χ4v) is 3.79. The molecular weight excluding hydrogens is 346 g/mol. The molecule has 1 aliphatic rings. The van der Waals surface area contributed by atoms with E-state index >= 15 is 0 Å². The van der Waals surface area contributed by atoms with Crippen molar-refractivity contribution in [1.82, 2.24) is 15.2 Å². The zero-order valence-electron chi connectivity index (χ0n) is 13.2. The number of halogens is 1. The summed E-state index contributed by atoms with van der Waals surface area (Å²) in [4.78, 5) is 31.3. The molecule has 1 aliphatic heterocycles. The normalized spacial score (nSPS) is 18.7. The number of aromatic nitrogens is 1. The van der Waals surface area contributed by atoms with Crippen molar-refractivity contribution in [2.75, 3.05) is 6.54 Å². The minimum Gasteiger partial charge on any atom is -0.351 e. The van der Waals surface area contributed by atoms with Gasteiger partial charge in [0.1, 0.15) is 0 Å². The van der Waals surface area contributed by atoms with Gasteiger partial charge in [-0.15, -0.1) is 11.3 Å². The first kappa shape index (κ1) is 16.9. The zero-order chi connectivity index (χ0) is 17.1.